The molecule has 29 heavy (non-hydrogen) atoms. The standard InChI is InChI=1S/C21H22N6O2/c1-13-2-3-16-15(10-13)11-17(29-16)21(28)25-8-9-27-20-19(23-6-7-24-20)18(26-27)14-4-5-22-12-14/h2-3,6-7,10-11,14,22H,4-5,8-9,12H2,1H3,(H,25,28). The number of nitrogens with zero attached hydrogens (tertiary/aromatic N) is 4. The molecule has 1 saturated heterocycles. The van der Waals surface area contributed by atoms with E-state index < -0.39 is 0 Å². The second-order valence-electron chi connectivity index (χ2n) is 7.43. The van der Waals surface area contributed by atoms with Crippen LogP contribution in [0.1, 0.15) is 34.2 Å². The van der Waals surface area contributed by atoms with Crippen molar-refractivity contribution >= 4 is 28.0 Å². The van der Waals surface area contributed by atoms with Gasteiger partial charge in [0.2, 0.25) is 0 Å². The van der Waals surface area contributed by atoms with E-state index in [9.17, 15) is 4.79 Å². The van der Waals surface area contributed by atoms with Crippen LogP contribution in [0.25, 0.3) is 22.1 Å². The van der Waals surface area contributed by atoms with E-state index in [-0.39, 0.29) is 5.91 Å². The number of aryl methyl sites for hydroxylation is 1. The van der Waals surface area contributed by atoms with Crippen LogP contribution in [0, 0.1) is 6.92 Å². The maximum absolute atomic E-state index is 12.5. The number of hydrogen-bond acceptors (Lipinski definition) is 6. The predicted octanol–water partition coefficient (Wildman–Crippen LogP) is 2.39. The van der Waals surface area contributed by atoms with Gasteiger partial charge in [-0.25, -0.2) is 14.6 Å². The highest BCUT2D eigenvalue weighted by Crippen LogP contribution is 2.26. The third kappa shape index (κ3) is 3.36. The average molecular weight is 390 g/mol. The molecule has 1 aromatic carbocycles. The third-order valence-corrected chi connectivity index (χ3v) is 5.35. The molecule has 0 radical (unpaired) electrons. The number of amides is 1. The molecule has 0 aliphatic carbocycles. The number of carbonyl (C=O) groups is 1. The summed E-state index contributed by atoms with van der Waals surface area (Å²) >= 11 is 0. The topological polar surface area (TPSA) is 97.9 Å². The van der Waals surface area contributed by atoms with E-state index >= 15 is 0 Å². The van der Waals surface area contributed by atoms with Gasteiger partial charge in [-0.1, -0.05) is 11.6 Å². The predicted molar refractivity (Wildman–Crippen MR) is 109 cm³/mol. The van der Waals surface area contributed by atoms with Gasteiger partial charge in [0, 0.05) is 36.8 Å². The van der Waals surface area contributed by atoms with E-state index in [2.05, 4.69) is 20.6 Å². The minimum absolute atomic E-state index is 0.235. The van der Waals surface area contributed by atoms with Crippen LogP contribution in [0.2, 0.25) is 0 Å². The van der Waals surface area contributed by atoms with Gasteiger partial charge < -0.3 is 15.1 Å². The number of aromatic nitrogens is 4. The van der Waals surface area contributed by atoms with E-state index in [1.165, 1.54) is 0 Å². The molecule has 1 atom stereocenters. The summed E-state index contributed by atoms with van der Waals surface area (Å²) in [7, 11) is 0. The molecule has 0 spiro atoms. The molecule has 8 heteroatoms. The first-order valence-corrected chi connectivity index (χ1v) is 9.85. The van der Waals surface area contributed by atoms with Gasteiger partial charge in [0.15, 0.2) is 11.4 Å². The Kier molecular flexibility index (Phi) is 4.48. The van der Waals surface area contributed by atoms with Gasteiger partial charge in [-0.15, -0.1) is 0 Å². The maximum Gasteiger partial charge on any atom is 0.287 e. The summed E-state index contributed by atoms with van der Waals surface area (Å²) in [6.07, 6.45) is 4.42. The lowest BCUT2D eigenvalue weighted by molar-refractivity contribution is 0.0926. The van der Waals surface area contributed by atoms with Gasteiger partial charge >= 0.3 is 0 Å². The summed E-state index contributed by atoms with van der Waals surface area (Å²) in [4.78, 5) is 21.4. The smallest absolute Gasteiger partial charge is 0.287 e. The molecule has 1 aliphatic rings. The molecule has 0 saturated carbocycles. The third-order valence-electron chi connectivity index (χ3n) is 5.35. The molecule has 5 rings (SSSR count). The number of carbonyl (C=O) groups excluding carboxylic acids is 1. The van der Waals surface area contributed by atoms with Crippen LogP contribution in [-0.4, -0.2) is 45.3 Å². The van der Waals surface area contributed by atoms with E-state index in [4.69, 9.17) is 9.52 Å². The van der Waals surface area contributed by atoms with Crippen LogP contribution >= 0.6 is 0 Å². The van der Waals surface area contributed by atoms with Crippen molar-refractivity contribution in [3.63, 3.8) is 0 Å². The van der Waals surface area contributed by atoms with Gasteiger partial charge in [-0.2, -0.15) is 5.10 Å². The Bertz CT molecular complexity index is 1190. The summed E-state index contributed by atoms with van der Waals surface area (Å²) in [5.41, 5.74) is 4.43. The second kappa shape index (κ2) is 7.29. The summed E-state index contributed by atoms with van der Waals surface area (Å²) in [5, 5.41) is 12.0. The van der Waals surface area contributed by atoms with Crippen molar-refractivity contribution in [2.24, 2.45) is 0 Å². The van der Waals surface area contributed by atoms with Gasteiger partial charge in [0.1, 0.15) is 11.1 Å². The zero-order valence-electron chi connectivity index (χ0n) is 16.2. The zero-order chi connectivity index (χ0) is 19.8. The molecular formula is C21H22N6O2. The first-order chi connectivity index (χ1) is 14.2. The van der Waals surface area contributed by atoms with Crippen LogP contribution in [-0.2, 0) is 6.54 Å². The molecule has 1 amide bonds. The van der Waals surface area contributed by atoms with Crippen molar-refractivity contribution in [1.82, 2.24) is 30.4 Å². The Morgan fingerprint density at radius 3 is 3.07 bits per heavy atom. The van der Waals surface area contributed by atoms with Crippen molar-refractivity contribution in [2.45, 2.75) is 25.8 Å². The molecule has 3 aromatic heterocycles. The fourth-order valence-electron chi connectivity index (χ4n) is 3.88. The van der Waals surface area contributed by atoms with E-state index in [0.29, 0.717) is 30.4 Å². The highest BCUT2D eigenvalue weighted by molar-refractivity contribution is 5.96. The quantitative estimate of drug-likeness (QED) is 0.543. The van der Waals surface area contributed by atoms with Crippen LogP contribution < -0.4 is 10.6 Å². The van der Waals surface area contributed by atoms with Crippen LogP contribution in [0.3, 0.4) is 0 Å². The molecule has 0 bridgehead atoms. The minimum Gasteiger partial charge on any atom is -0.451 e. The lowest BCUT2D eigenvalue weighted by Crippen LogP contribution is -2.27. The van der Waals surface area contributed by atoms with E-state index in [0.717, 1.165) is 47.3 Å². The van der Waals surface area contributed by atoms with Crippen LogP contribution in [0.5, 0.6) is 0 Å². The number of hydrogen-bond donors (Lipinski definition) is 2. The lowest BCUT2D eigenvalue weighted by Gasteiger charge is -2.05. The van der Waals surface area contributed by atoms with Crippen LogP contribution in [0.15, 0.2) is 41.1 Å². The normalized spacial score (nSPS) is 16.7. The van der Waals surface area contributed by atoms with Gasteiger partial charge in [-0.05, 0) is 38.1 Å². The Labute approximate surface area is 167 Å². The molecule has 1 aliphatic heterocycles. The van der Waals surface area contributed by atoms with E-state index in [1.807, 2.05) is 29.8 Å². The lowest BCUT2D eigenvalue weighted by atomic mass is 10.0. The van der Waals surface area contributed by atoms with Crippen LogP contribution in [0.4, 0.5) is 0 Å². The fraction of sp³-hybridized carbons (Fsp3) is 0.333. The number of fused-ring (bicyclic) bond motifs is 2. The molecular weight excluding hydrogens is 368 g/mol. The minimum atomic E-state index is -0.235. The fourth-order valence-corrected chi connectivity index (χ4v) is 3.88. The summed E-state index contributed by atoms with van der Waals surface area (Å²) < 4.78 is 7.50. The van der Waals surface area contributed by atoms with Gasteiger partial charge in [0.25, 0.3) is 5.91 Å². The summed E-state index contributed by atoms with van der Waals surface area (Å²) in [6.45, 7) is 4.85. The molecule has 148 valence electrons. The Morgan fingerprint density at radius 2 is 2.21 bits per heavy atom. The first kappa shape index (κ1) is 17.8. The van der Waals surface area contributed by atoms with Crippen molar-refractivity contribution in [3.05, 3.63) is 53.7 Å². The molecule has 2 N–H and O–H groups in total. The second-order valence-corrected chi connectivity index (χ2v) is 7.43. The SMILES string of the molecule is Cc1ccc2oc(C(=O)NCCn3nc(C4CCNC4)c4nccnc43)cc2c1. The molecule has 8 nitrogen and oxygen atoms in total. The van der Waals surface area contributed by atoms with Crippen molar-refractivity contribution in [3.8, 4) is 0 Å². The Balaban J connectivity index is 1.31. The Morgan fingerprint density at radius 1 is 1.31 bits per heavy atom. The number of furan rings is 1. The summed E-state index contributed by atoms with van der Waals surface area (Å²) in [5.74, 6) is 0.430. The van der Waals surface area contributed by atoms with Gasteiger partial charge in [0.05, 0.1) is 12.2 Å². The molecule has 1 fully saturated rings. The average Bonchev–Trinajstić information content (AvgIpc) is 3.46. The van der Waals surface area contributed by atoms with Crippen molar-refractivity contribution in [2.75, 3.05) is 19.6 Å². The first-order valence-electron chi connectivity index (χ1n) is 9.85. The monoisotopic (exact) mass is 390 g/mol. The highest BCUT2D eigenvalue weighted by atomic mass is 16.3. The number of rotatable bonds is 5. The van der Waals surface area contributed by atoms with Crippen molar-refractivity contribution < 1.29 is 9.21 Å². The molecule has 1 unspecified atom stereocenters. The summed E-state index contributed by atoms with van der Waals surface area (Å²) in [6, 6.07) is 7.63. The Hall–Kier alpha value is -3.26. The van der Waals surface area contributed by atoms with E-state index in [1.54, 1.807) is 18.5 Å². The highest BCUT2D eigenvalue weighted by Gasteiger charge is 2.24. The van der Waals surface area contributed by atoms with Crippen molar-refractivity contribution in [1.29, 1.82) is 0 Å². The number of benzene rings is 1. The largest absolute Gasteiger partial charge is 0.451 e. The number of nitrogens with one attached hydrogen (secondary N) is 2. The zero-order valence-corrected chi connectivity index (χ0v) is 16.2. The molecule has 4 heterocycles. The molecule has 4 aromatic rings. The van der Waals surface area contributed by atoms with Gasteiger partial charge in [-0.3, -0.25) is 4.79 Å². The maximum atomic E-state index is 12.5.